The van der Waals surface area contributed by atoms with Gasteiger partial charge in [0.25, 0.3) is 5.56 Å². The Bertz CT molecular complexity index is 946. The van der Waals surface area contributed by atoms with Gasteiger partial charge in [-0.3, -0.25) is 9.20 Å². The zero-order valence-electron chi connectivity index (χ0n) is 11.8. The van der Waals surface area contributed by atoms with Crippen molar-refractivity contribution in [3.05, 3.63) is 75.4 Å². The molecule has 0 amide bonds. The molecule has 0 saturated heterocycles. The number of hydrogen-bond acceptors (Lipinski definition) is 5. The van der Waals surface area contributed by atoms with E-state index in [0.717, 1.165) is 0 Å². The molecule has 0 fully saturated rings. The molecule has 7 heteroatoms. The predicted octanol–water partition coefficient (Wildman–Crippen LogP) is 2.65. The van der Waals surface area contributed by atoms with Crippen molar-refractivity contribution in [2.45, 2.75) is 6.61 Å². The lowest BCUT2D eigenvalue weighted by Gasteiger charge is -2.02. The maximum absolute atomic E-state index is 13.0. The van der Waals surface area contributed by atoms with Crippen molar-refractivity contribution in [3.8, 4) is 0 Å². The fourth-order valence-electron chi connectivity index (χ4n) is 1.93. The van der Waals surface area contributed by atoms with Crippen molar-refractivity contribution >= 4 is 28.3 Å². The Morgan fingerprint density at radius 2 is 2.26 bits per heavy atom. The number of rotatable bonds is 4. The first-order chi connectivity index (χ1) is 11.1. The number of esters is 1. The van der Waals surface area contributed by atoms with Gasteiger partial charge in [0, 0.05) is 23.7 Å². The average molecular weight is 330 g/mol. The summed E-state index contributed by atoms with van der Waals surface area (Å²) in [6.07, 6.45) is 4.29. The number of thiazole rings is 1. The smallest absolute Gasteiger partial charge is 0.331 e. The molecule has 0 aliphatic heterocycles. The highest BCUT2D eigenvalue weighted by Crippen LogP contribution is 2.08. The number of benzene rings is 1. The van der Waals surface area contributed by atoms with Gasteiger partial charge in [0.05, 0.1) is 5.69 Å². The van der Waals surface area contributed by atoms with Gasteiger partial charge in [-0.15, -0.1) is 11.3 Å². The number of ether oxygens (including phenoxy) is 1. The number of aromatic nitrogens is 2. The third-order valence-corrected chi connectivity index (χ3v) is 3.74. The number of halogens is 1. The van der Waals surface area contributed by atoms with E-state index >= 15 is 0 Å². The molecule has 0 aliphatic rings. The predicted molar refractivity (Wildman–Crippen MR) is 84.6 cm³/mol. The highest BCUT2D eigenvalue weighted by atomic mass is 32.1. The van der Waals surface area contributed by atoms with Crippen LogP contribution in [0.15, 0.2) is 52.8 Å². The van der Waals surface area contributed by atoms with Crippen LogP contribution in [-0.2, 0) is 16.1 Å². The van der Waals surface area contributed by atoms with E-state index in [1.807, 2.05) is 0 Å². The van der Waals surface area contributed by atoms with Crippen molar-refractivity contribution in [1.29, 1.82) is 0 Å². The van der Waals surface area contributed by atoms with Gasteiger partial charge in [-0.2, -0.15) is 0 Å². The Balaban J connectivity index is 1.65. The summed E-state index contributed by atoms with van der Waals surface area (Å²) in [6.45, 7) is -0.101. The summed E-state index contributed by atoms with van der Waals surface area (Å²) in [7, 11) is 0. The summed E-state index contributed by atoms with van der Waals surface area (Å²) < 4.78 is 19.5. The molecule has 0 aliphatic carbocycles. The third kappa shape index (κ3) is 3.70. The first-order valence-corrected chi connectivity index (χ1v) is 7.56. The highest BCUT2D eigenvalue weighted by Gasteiger charge is 2.05. The van der Waals surface area contributed by atoms with Gasteiger partial charge in [-0.05, 0) is 23.8 Å². The second-order valence-electron chi connectivity index (χ2n) is 4.64. The number of carbonyl (C=O) groups excluding carboxylic acids is 1. The number of carbonyl (C=O) groups is 1. The van der Waals surface area contributed by atoms with E-state index in [0.29, 0.717) is 16.2 Å². The lowest BCUT2D eigenvalue weighted by molar-refractivity contribution is -0.139. The summed E-state index contributed by atoms with van der Waals surface area (Å²) in [6, 6.07) is 7.16. The molecule has 2 aromatic heterocycles. The van der Waals surface area contributed by atoms with E-state index in [1.165, 1.54) is 46.1 Å². The Labute approximate surface area is 134 Å². The van der Waals surface area contributed by atoms with E-state index in [2.05, 4.69) is 4.98 Å². The maximum atomic E-state index is 13.0. The minimum Gasteiger partial charge on any atom is -0.456 e. The van der Waals surface area contributed by atoms with Gasteiger partial charge in [0.15, 0.2) is 4.96 Å². The van der Waals surface area contributed by atoms with Crippen LogP contribution in [0.3, 0.4) is 0 Å². The average Bonchev–Trinajstić information content (AvgIpc) is 3.00. The van der Waals surface area contributed by atoms with Gasteiger partial charge < -0.3 is 4.74 Å². The van der Waals surface area contributed by atoms with Crippen molar-refractivity contribution in [2.24, 2.45) is 0 Å². The second-order valence-corrected chi connectivity index (χ2v) is 5.51. The third-order valence-electron chi connectivity index (χ3n) is 2.98. The van der Waals surface area contributed by atoms with Gasteiger partial charge in [-0.1, -0.05) is 12.1 Å². The molecule has 3 aromatic rings. The standard InChI is InChI=1S/C16H11FN2O3S/c17-12-3-1-2-11(8-12)4-5-15(21)22-10-13-9-14(20)19-6-7-23-16(19)18-13/h1-9H,10H2/b5-4+. The van der Waals surface area contributed by atoms with Gasteiger partial charge in [0.2, 0.25) is 0 Å². The first-order valence-electron chi connectivity index (χ1n) is 6.68. The van der Waals surface area contributed by atoms with E-state index in [1.54, 1.807) is 23.7 Å². The summed E-state index contributed by atoms with van der Waals surface area (Å²) >= 11 is 1.32. The highest BCUT2D eigenvalue weighted by molar-refractivity contribution is 7.15. The van der Waals surface area contributed by atoms with Gasteiger partial charge >= 0.3 is 5.97 Å². The van der Waals surface area contributed by atoms with Crippen LogP contribution in [-0.4, -0.2) is 15.4 Å². The van der Waals surface area contributed by atoms with Crippen molar-refractivity contribution in [1.82, 2.24) is 9.38 Å². The Kier molecular flexibility index (Phi) is 4.29. The Morgan fingerprint density at radius 1 is 1.39 bits per heavy atom. The molecule has 0 N–H and O–H groups in total. The minimum atomic E-state index is -0.595. The summed E-state index contributed by atoms with van der Waals surface area (Å²) in [4.78, 5) is 28.2. The van der Waals surface area contributed by atoms with Crippen molar-refractivity contribution in [3.63, 3.8) is 0 Å². The van der Waals surface area contributed by atoms with Crippen LogP contribution in [0.5, 0.6) is 0 Å². The maximum Gasteiger partial charge on any atom is 0.331 e. The van der Waals surface area contributed by atoms with Crippen LogP contribution >= 0.6 is 11.3 Å². The Hall–Kier alpha value is -2.80. The molecule has 0 saturated carbocycles. The van der Waals surface area contributed by atoms with E-state index in [9.17, 15) is 14.0 Å². The lowest BCUT2D eigenvalue weighted by atomic mass is 10.2. The zero-order valence-corrected chi connectivity index (χ0v) is 12.6. The van der Waals surface area contributed by atoms with Crippen LogP contribution < -0.4 is 5.56 Å². The van der Waals surface area contributed by atoms with E-state index < -0.39 is 5.97 Å². The summed E-state index contributed by atoms with van der Waals surface area (Å²) in [5, 5.41) is 1.75. The van der Waals surface area contributed by atoms with Crippen molar-refractivity contribution in [2.75, 3.05) is 0 Å². The molecule has 5 nitrogen and oxygen atoms in total. The zero-order chi connectivity index (χ0) is 16.2. The summed E-state index contributed by atoms with van der Waals surface area (Å²) in [5.41, 5.74) is 0.709. The lowest BCUT2D eigenvalue weighted by Crippen LogP contribution is -2.14. The molecule has 3 rings (SSSR count). The van der Waals surface area contributed by atoms with Crippen LogP contribution in [0, 0.1) is 5.82 Å². The number of hydrogen-bond donors (Lipinski definition) is 0. The molecular formula is C16H11FN2O3S. The largest absolute Gasteiger partial charge is 0.456 e. The number of nitrogens with zero attached hydrogens (tertiary/aromatic N) is 2. The fraction of sp³-hybridized carbons (Fsp3) is 0.0625. The topological polar surface area (TPSA) is 60.7 Å². The van der Waals surface area contributed by atoms with E-state index in [4.69, 9.17) is 4.74 Å². The molecule has 2 heterocycles. The molecule has 0 radical (unpaired) electrons. The molecule has 0 unspecified atom stereocenters. The number of fused-ring (bicyclic) bond motifs is 1. The molecule has 23 heavy (non-hydrogen) atoms. The van der Waals surface area contributed by atoms with Crippen LogP contribution in [0.4, 0.5) is 4.39 Å². The molecular weight excluding hydrogens is 319 g/mol. The molecule has 0 atom stereocenters. The Morgan fingerprint density at radius 3 is 3.09 bits per heavy atom. The van der Waals surface area contributed by atoms with Crippen LogP contribution in [0.1, 0.15) is 11.3 Å². The van der Waals surface area contributed by atoms with Crippen molar-refractivity contribution < 1.29 is 13.9 Å². The monoisotopic (exact) mass is 330 g/mol. The van der Waals surface area contributed by atoms with Crippen LogP contribution in [0.25, 0.3) is 11.0 Å². The fourth-order valence-corrected chi connectivity index (χ4v) is 2.67. The van der Waals surface area contributed by atoms with Gasteiger partial charge in [-0.25, -0.2) is 14.2 Å². The molecule has 116 valence electrons. The molecule has 0 spiro atoms. The van der Waals surface area contributed by atoms with E-state index in [-0.39, 0.29) is 18.0 Å². The molecule has 1 aromatic carbocycles. The normalized spacial score (nSPS) is 11.2. The van der Waals surface area contributed by atoms with Gasteiger partial charge in [0.1, 0.15) is 12.4 Å². The molecule has 0 bridgehead atoms. The first kappa shape index (κ1) is 15.1. The quantitative estimate of drug-likeness (QED) is 0.545. The summed E-state index contributed by atoms with van der Waals surface area (Å²) in [5.74, 6) is -0.975. The van der Waals surface area contributed by atoms with Crippen LogP contribution in [0.2, 0.25) is 0 Å². The second kappa shape index (κ2) is 6.53. The minimum absolute atomic E-state index is 0.101. The SMILES string of the molecule is O=C(/C=C/c1cccc(F)c1)OCc1cc(=O)n2ccsc2n1.